The van der Waals surface area contributed by atoms with Gasteiger partial charge in [-0.05, 0) is 49.1 Å². The molecular weight excluding hydrogens is 510 g/mol. The predicted octanol–water partition coefficient (Wildman–Crippen LogP) is 1.39. The Morgan fingerprint density at radius 2 is 1.79 bits per heavy atom. The molecule has 1 fully saturated rings. The Morgan fingerprint density at radius 1 is 1.11 bits per heavy atom. The number of hydrogen-bond acceptors (Lipinski definition) is 7. The average Bonchev–Trinajstić information content (AvgIpc) is 3.39. The number of rotatable bonds is 13. The third-order valence-corrected chi connectivity index (χ3v) is 8.00. The first-order valence-electron chi connectivity index (χ1n) is 12.2. The van der Waals surface area contributed by atoms with Crippen molar-refractivity contribution in [2.75, 3.05) is 18.4 Å². The first kappa shape index (κ1) is 28.7. The van der Waals surface area contributed by atoms with E-state index in [2.05, 4.69) is 22.5 Å². The second-order valence-corrected chi connectivity index (χ2v) is 10.9. The van der Waals surface area contributed by atoms with Gasteiger partial charge in [0.2, 0.25) is 21.8 Å². The van der Waals surface area contributed by atoms with Crippen LogP contribution in [0.15, 0.2) is 71.9 Å². The van der Waals surface area contributed by atoms with Crippen molar-refractivity contribution in [3.05, 3.63) is 72.6 Å². The van der Waals surface area contributed by atoms with Crippen LogP contribution < -0.4 is 21.7 Å². The highest BCUT2D eigenvalue weighted by Gasteiger charge is 2.40. The number of amides is 2. The van der Waals surface area contributed by atoms with Crippen molar-refractivity contribution < 1.29 is 27.9 Å². The number of carbonyl (C=O) groups excluding carboxylic acids is 2. The molecule has 38 heavy (non-hydrogen) atoms. The summed E-state index contributed by atoms with van der Waals surface area (Å²) in [6.07, 6.45) is 1.64. The number of benzene rings is 2. The maximum atomic E-state index is 13.1. The van der Waals surface area contributed by atoms with Gasteiger partial charge in [-0.25, -0.2) is 13.2 Å². The van der Waals surface area contributed by atoms with Crippen molar-refractivity contribution in [3.63, 3.8) is 0 Å². The summed E-state index contributed by atoms with van der Waals surface area (Å²) in [4.78, 5) is 37.1. The molecule has 3 rings (SSSR count). The summed E-state index contributed by atoms with van der Waals surface area (Å²) in [6.45, 7) is 4.23. The molecule has 2 aromatic carbocycles. The van der Waals surface area contributed by atoms with Gasteiger partial charge in [0.1, 0.15) is 12.1 Å². The molecule has 0 spiro atoms. The third kappa shape index (κ3) is 7.80. The maximum Gasteiger partial charge on any atom is 0.326 e. The van der Waals surface area contributed by atoms with Gasteiger partial charge in [0.25, 0.3) is 0 Å². The fraction of sp³-hybridized carbons (Fsp3) is 0.346. The van der Waals surface area contributed by atoms with E-state index in [1.165, 1.54) is 12.1 Å². The van der Waals surface area contributed by atoms with Crippen LogP contribution in [0.25, 0.3) is 0 Å². The Kier molecular flexibility index (Phi) is 9.85. The third-order valence-electron chi connectivity index (χ3n) is 6.08. The molecule has 12 heteroatoms. The van der Waals surface area contributed by atoms with E-state index in [1.807, 2.05) is 0 Å². The first-order chi connectivity index (χ1) is 18.1. The lowest BCUT2D eigenvalue weighted by molar-refractivity contribution is -0.142. The number of carboxylic acid groups (broad SMARTS) is 1. The number of carbonyl (C=O) groups is 3. The second kappa shape index (κ2) is 13.1. The van der Waals surface area contributed by atoms with Gasteiger partial charge in [-0.3, -0.25) is 9.59 Å². The zero-order chi connectivity index (χ0) is 27.7. The molecule has 0 bridgehead atoms. The number of sulfonamides is 1. The van der Waals surface area contributed by atoms with Gasteiger partial charge in [-0.2, -0.15) is 4.31 Å². The molecular formula is C26H33N5O6S. The summed E-state index contributed by atoms with van der Waals surface area (Å²) in [7, 11) is -3.90. The van der Waals surface area contributed by atoms with Crippen molar-refractivity contribution >= 4 is 33.5 Å². The molecule has 204 valence electrons. The van der Waals surface area contributed by atoms with Crippen LogP contribution in [0.1, 0.15) is 31.2 Å². The van der Waals surface area contributed by atoms with Crippen molar-refractivity contribution in [3.8, 4) is 0 Å². The molecule has 2 atom stereocenters. The largest absolute Gasteiger partial charge is 0.480 e. The lowest BCUT2D eigenvalue weighted by Crippen LogP contribution is -2.51. The molecule has 2 aromatic rings. The number of nitrogens with one attached hydrogen (secondary N) is 3. The van der Waals surface area contributed by atoms with E-state index in [0.29, 0.717) is 42.9 Å². The quantitative estimate of drug-likeness (QED) is 0.236. The first-order valence-corrected chi connectivity index (χ1v) is 13.7. The van der Waals surface area contributed by atoms with Gasteiger partial charge in [0.15, 0.2) is 0 Å². The molecule has 1 aliphatic heterocycles. The van der Waals surface area contributed by atoms with E-state index in [1.54, 1.807) is 42.5 Å². The van der Waals surface area contributed by atoms with E-state index in [4.69, 9.17) is 5.73 Å². The number of nitrogens with zero attached hydrogens (tertiary/aromatic N) is 1. The monoisotopic (exact) mass is 543 g/mol. The van der Waals surface area contributed by atoms with Crippen LogP contribution >= 0.6 is 0 Å². The zero-order valence-electron chi connectivity index (χ0n) is 20.9. The van der Waals surface area contributed by atoms with E-state index >= 15 is 0 Å². The number of carboxylic acids is 1. The Labute approximate surface area is 222 Å². The van der Waals surface area contributed by atoms with Gasteiger partial charge in [0.05, 0.1) is 10.7 Å². The summed E-state index contributed by atoms with van der Waals surface area (Å²) in [6, 6.07) is 12.2. The van der Waals surface area contributed by atoms with Crippen molar-refractivity contribution in [2.45, 2.75) is 49.1 Å². The van der Waals surface area contributed by atoms with Gasteiger partial charge < -0.3 is 26.8 Å². The van der Waals surface area contributed by atoms with Crippen LogP contribution in [0.5, 0.6) is 0 Å². The lowest BCUT2D eigenvalue weighted by atomic mass is 10.0. The van der Waals surface area contributed by atoms with E-state index in [0.717, 1.165) is 4.31 Å². The molecule has 2 amide bonds. The Morgan fingerprint density at radius 3 is 2.42 bits per heavy atom. The smallest absolute Gasteiger partial charge is 0.326 e. The Hall–Kier alpha value is -3.90. The molecule has 0 saturated carbocycles. The summed E-state index contributed by atoms with van der Waals surface area (Å²) < 4.78 is 27.2. The number of aliphatic carboxylic acids is 1. The van der Waals surface area contributed by atoms with E-state index in [-0.39, 0.29) is 30.2 Å². The molecule has 0 aliphatic carbocycles. The van der Waals surface area contributed by atoms with Gasteiger partial charge >= 0.3 is 5.97 Å². The summed E-state index contributed by atoms with van der Waals surface area (Å²) >= 11 is 0. The van der Waals surface area contributed by atoms with Crippen LogP contribution in [-0.4, -0.2) is 60.8 Å². The number of anilines is 1. The maximum absolute atomic E-state index is 13.1. The lowest BCUT2D eigenvalue weighted by Gasteiger charge is -2.25. The van der Waals surface area contributed by atoms with Crippen molar-refractivity contribution in [2.24, 2.45) is 5.73 Å². The minimum atomic E-state index is -3.90. The average molecular weight is 544 g/mol. The van der Waals surface area contributed by atoms with E-state index < -0.39 is 34.0 Å². The summed E-state index contributed by atoms with van der Waals surface area (Å²) in [5, 5.41) is 17.8. The fourth-order valence-corrected chi connectivity index (χ4v) is 5.84. The molecule has 6 N–H and O–H groups in total. The number of hydrogen-bond donors (Lipinski definition) is 5. The topological polar surface area (TPSA) is 171 Å². The van der Waals surface area contributed by atoms with Crippen LogP contribution in [0.3, 0.4) is 0 Å². The highest BCUT2D eigenvalue weighted by atomic mass is 32.2. The van der Waals surface area contributed by atoms with Crippen LogP contribution in [0.2, 0.25) is 0 Å². The van der Waals surface area contributed by atoms with Gasteiger partial charge in [0, 0.05) is 31.6 Å². The summed E-state index contributed by atoms with van der Waals surface area (Å²) in [5.74, 6) is -1.72. The second-order valence-electron chi connectivity index (χ2n) is 8.99. The standard InChI is InChI=1S/C26H33N5O6S/c1-18(27)28-15-5-10-24(32)29-20-13-11-19(12-14-20)17-22(26(34)35)30-25(33)23-9-6-16-31(23)38(36,37)21-7-3-2-4-8-21/h2-4,7-8,11-14,22-23,28H,1,5-6,9-10,15-17,27H2,(H,29,32)(H,30,33)(H,34,35). The SMILES string of the molecule is C=C(N)NCCCC(=O)Nc1ccc(CC(NC(=O)C2CCCN2S(=O)(=O)c2ccccc2)C(=O)O)cc1. The molecule has 2 unspecified atom stereocenters. The number of nitrogens with two attached hydrogens (primary N) is 1. The highest BCUT2D eigenvalue weighted by Crippen LogP contribution is 2.26. The Balaban J connectivity index is 1.58. The molecule has 0 aromatic heterocycles. The Bertz CT molecular complexity index is 1250. The molecule has 1 heterocycles. The summed E-state index contributed by atoms with van der Waals surface area (Å²) in [5.41, 5.74) is 6.59. The van der Waals surface area contributed by atoms with Crippen LogP contribution in [0, 0.1) is 0 Å². The highest BCUT2D eigenvalue weighted by molar-refractivity contribution is 7.89. The van der Waals surface area contributed by atoms with E-state index in [9.17, 15) is 27.9 Å². The molecule has 1 saturated heterocycles. The zero-order valence-corrected chi connectivity index (χ0v) is 21.7. The molecule has 1 aliphatic rings. The van der Waals surface area contributed by atoms with Gasteiger partial charge in [-0.15, -0.1) is 0 Å². The molecule has 11 nitrogen and oxygen atoms in total. The molecule has 0 radical (unpaired) electrons. The predicted molar refractivity (Wildman–Crippen MR) is 142 cm³/mol. The van der Waals surface area contributed by atoms with Gasteiger partial charge in [-0.1, -0.05) is 36.9 Å². The fourth-order valence-electron chi connectivity index (χ4n) is 4.17. The minimum absolute atomic E-state index is 0.0118. The normalized spacial score (nSPS) is 16.4. The van der Waals surface area contributed by atoms with Crippen molar-refractivity contribution in [1.29, 1.82) is 0 Å². The van der Waals surface area contributed by atoms with Crippen LogP contribution in [0.4, 0.5) is 5.69 Å². The minimum Gasteiger partial charge on any atom is -0.480 e. The van der Waals surface area contributed by atoms with Crippen molar-refractivity contribution in [1.82, 2.24) is 14.9 Å². The van der Waals surface area contributed by atoms with Crippen LogP contribution in [-0.2, 0) is 30.8 Å².